The number of hydrogen-bond donors (Lipinski definition) is 1. The molecule has 0 aliphatic heterocycles. The number of rotatable bonds is 3. The van der Waals surface area contributed by atoms with E-state index in [1.807, 2.05) is 6.07 Å². The summed E-state index contributed by atoms with van der Waals surface area (Å²) >= 11 is 0. The first-order chi connectivity index (χ1) is 9.34. The summed E-state index contributed by atoms with van der Waals surface area (Å²) in [5.41, 5.74) is -2.20. The Bertz CT molecular complexity index is 573. The van der Waals surface area contributed by atoms with Crippen molar-refractivity contribution in [2.75, 3.05) is 0 Å². The van der Waals surface area contributed by atoms with E-state index in [1.54, 1.807) is 0 Å². The van der Waals surface area contributed by atoms with Crippen molar-refractivity contribution in [3.05, 3.63) is 35.1 Å². The molecule has 0 bridgehead atoms. The summed E-state index contributed by atoms with van der Waals surface area (Å²) in [6.07, 6.45) is -3.33. The molecule has 1 aromatic carbocycles. The molecule has 0 saturated heterocycles. The highest BCUT2D eigenvalue weighted by Gasteiger charge is 2.37. The molecule has 1 aliphatic carbocycles. The normalized spacial score (nSPS) is 16.4. The molecule has 0 radical (unpaired) electrons. The van der Waals surface area contributed by atoms with E-state index in [0.29, 0.717) is 6.07 Å². The molecule has 20 heavy (non-hydrogen) atoms. The zero-order valence-electron chi connectivity index (χ0n) is 10.2. The summed E-state index contributed by atoms with van der Waals surface area (Å²) in [6.45, 7) is 0. The summed E-state index contributed by atoms with van der Waals surface area (Å²) in [7, 11) is 0. The van der Waals surface area contributed by atoms with Gasteiger partial charge in [-0.2, -0.15) is 18.4 Å². The fourth-order valence-electron chi connectivity index (χ4n) is 1.83. The number of nitriles is 1. The smallest absolute Gasteiger partial charge is 0.336 e. The largest absolute Gasteiger partial charge is 0.419 e. The number of halogens is 4. The lowest BCUT2D eigenvalue weighted by Crippen LogP contribution is -2.36. The van der Waals surface area contributed by atoms with E-state index in [-0.39, 0.29) is 5.92 Å². The van der Waals surface area contributed by atoms with Gasteiger partial charge in [-0.1, -0.05) is 6.07 Å². The Hall–Kier alpha value is -2.10. The van der Waals surface area contributed by atoms with Crippen LogP contribution in [0, 0.1) is 23.1 Å². The Kier molecular flexibility index (Phi) is 3.66. The van der Waals surface area contributed by atoms with Crippen molar-refractivity contribution in [2.24, 2.45) is 5.92 Å². The molecule has 1 amide bonds. The standard InChI is InChI=1S/C13H10F4N2O/c14-11-8(2-1-3-9(11)13(15,16)17)12(20)19-10(6-18)7-4-5-7/h1-3,7,10H,4-5H2,(H,19,20). The van der Waals surface area contributed by atoms with Gasteiger partial charge in [0, 0.05) is 0 Å². The Morgan fingerprint density at radius 3 is 2.55 bits per heavy atom. The molecule has 1 fully saturated rings. The summed E-state index contributed by atoms with van der Waals surface area (Å²) < 4.78 is 51.3. The maximum absolute atomic E-state index is 13.7. The molecule has 106 valence electrons. The number of hydrogen-bond acceptors (Lipinski definition) is 2. The highest BCUT2D eigenvalue weighted by Crippen LogP contribution is 2.34. The summed E-state index contributed by atoms with van der Waals surface area (Å²) in [4.78, 5) is 11.8. The Labute approximate surface area is 112 Å². The number of carbonyl (C=O) groups is 1. The van der Waals surface area contributed by atoms with Gasteiger partial charge in [-0.25, -0.2) is 4.39 Å². The van der Waals surface area contributed by atoms with Crippen molar-refractivity contribution in [2.45, 2.75) is 25.1 Å². The molecule has 1 aliphatic rings. The van der Waals surface area contributed by atoms with E-state index in [0.717, 1.165) is 25.0 Å². The molecule has 0 spiro atoms. The van der Waals surface area contributed by atoms with E-state index in [4.69, 9.17) is 5.26 Å². The Morgan fingerprint density at radius 1 is 1.40 bits per heavy atom. The first-order valence-electron chi connectivity index (χ1n) is 5.90. The van der Waals surface area contributed by atoms with Gasteiger partial charge < -0.3 is 5.32 Å². The van der Waals surface area contributed by atoms with Crippen LogP contribution in [0.5, 0.6) is 0 Å². The van der Waals surface area contributed by atoms with Crippen LogP contribution in [0.2, 0.25) is 0 Å². The van der Waals surface area contributed by atoms with Gasteiger partial charge in [0.1, 0.15) is 11.9 Å². The van der Waals surface area contributed by atoms with E-state index >= 15 is 0 Å². The highest BCUT2D eigenvalue weighted by molar-refractivity contribution is 5.95. The minimum Gasteiger partial charge on any atom is -0.336 e. The van der Waals surface area contributed by atoms with Crippen LogP contribution in [-0.4, -0.2) is 11.9 Å². The number of alkyl halides is 3. The average molecular weight is 286 g/mol. The van der Waals surface area contributed by atoms with Crippen LogP contribution >= 0.6 is 0 Å². The first kappa shape index (κ1) is 14.3. The average Bonchev–Trinajstić information content (AvgIpc) is 3.18. The van der Waals surface area contributed by atoms with Gasteiger partial charge in [0.05, 0.1) is 17.2 Å². The third kappa shape index (κ3) is 2.90. The van der Waals surface area contributed by atoms with Crippen molar-refractivity contribution < 1.29 is 22.4 Å². The molecular weight excluding hydrogens is 276 g/mol. The fourth-order valence-corrected chi connectivity index (χ4v) is 1.83. The van der Waals surface area contributed by atoms with Crippen LogP contribution in [0.4, 0.5) is 17.6 Å². The SMILES string of the molecule is N#CC(NC(=O)c1cccc(C(F)(F)F)c1F)C1CC1. The van der Waals surface area contributed by atoms with Crippen molar-refractivity contribution >= 4 is 5.91 Å². The van der Waals surface area contributed by atoms with Crippen LogP contribution in [0.15, 0.2) is 18.2 Å². The maximum atomic E-state index is 13.7. The topological polar surface area (TPSA) is 52.9 Å². The molecule has 1 aromatic rings. The van der Waals surface area contributed by atoms with E-state index in [2.05, 4.69) is 5.32 Å². The molecule has 1 N–H and O–H groups in total. The van der Waals surface area contributed by atoms with Gasteiger partial charge in [-0.15, -0.1) is 0 Å². The Balaban J connectivity index is 2.24. The van der Waals surface area contributed by atoms with Crippen LogP contribution < -0.4 is 5.32 Å². The molecule has 1 unspecified atom stereocenters. The molecule has 0 heterocycles. The Morgan fingerprint density at radius 2 is 2.05 bits per heavy atom. The van der Waals surface area contributed by atoms with E-state index < -0.39 is 35.1 Å². The number of carbonyl (C=O) groups excluding carboxylic acids is 1. The van der Waals surface area contributed by atoms with Gasteiger partial charge in [0.25, 0.3) is 5.91 Å². The minimum absolute atomic E-state index is 0.00203. The number of nitrogens with one attached hydrogen (secondary N) is 1. The molecule has 3 nitrogen and oxygen atoms in total. The van der Waals surface area contributed by atoms with E-state index in [1.165, 1.54) is 0 Å². The fraction of sp³-hybridized carbons (Fsp3) is 0.385. The van der Waals surface area contributed by atoms with E-state index in [9.17, 15) is 22.4 Å². The zero-order valence-corrected chi connectivity index (χ0v) is 10.2. The van der Waals surface area contributed by atoms with Gasteiger partial charge in [0.2, 0.25) is 0 Å². The number of benzene rings is 1. The lowest BCUT2D eigenvalue weighted by Gasteiger charge is -2.13. The third-order valence-electron chi connectivity index (χ3n) is 3.07. The van der Waals surface area contributed by atoms with Crippen LogP contribution in [0.1, 0.15) is 28.8 Å². The first-order valence-corrected chi connectivity index (χ1v) is 5.90. The number of amides is 1. The zero-order chi connectivity index (χ0) is 14.9. The monoisotopic (exact) mass is 286 g/mol. The molecular formula is C13H10F4N2O. The van der Waals surface area contributed by atoms with Gasteiger partial charge >= 0.3 is 6.18 Å². The predicted octanol–water partition coefficient (Wildman–Crippen LogP) is 2.88. The molecule has 2 rings (SSSR count). The molecule has 1 atom stereocenters. The summed E-state index contributed by atoms with van der Waals surface area (Å²) in [5, 5.41) is 11.1. The van der Waals surface area contributed by atoms with Crippen molar-refractivity contribution in [1.82, 2.24) is 5.32 Å². The lowest BCUT2D eigenvalue weighted by atomic mass is 10.1. The quantitative estimate of drug-likeness (QED) is 0.869. The van der Waals surface area contributed by atoms with Gasteiger partial charge in [0.15, 0.2) is 0 Å². The van der Waals surface area contributed by atoms with Crippen LogP contribution in [0.3, 0.4) is 0 Å². The van der Waals surface area contributed by atoms with Crippen LogP contribution in [0.25, 0.3) is 0 Å². The van der Waals surface area contributed by atoms with Crippen molar-refractivity contribution in [3.63, 3.8) is 0 Å². The molecule has 0 aromatic heterocycles. The second-order valence-electron chi connectivity index (χ2n) is 4.58. The minimum atomic E-state index is -4.87. The van der Waals surface area contributed by atoms with Crippen LogP contribution in [-0.2, 0) is 6.18 Å². The maximum Gasteiger partial charge on any atom is 0.419 e. The van der Waals surface area contributed by atoms with Gasteiger partial charge in [-0.05, 0) is 30.9 Å². The lowest BCUT2D eigenvalue weighted by molar-refractivity contribution is -0.140. The van der Waals surface area contributed by atoms with Crippen molar-refractivity contribution in [3.8, 4) is 6.07 Å². The third-order valence-corrected chi connectivity index (χ3v) is 3.07. The summed E-state index contributed by atoms with van der Waals surface area (Å²) in [6, 6.07) is 3.54. The van der Waals surface area contributed by atoms with Gasteiger partial charge in [-0.3, -0.25) is 4.79 Å². The number of nitrogens with zero attached hydrogens (tertiary/aromatic N) is 1. The predicted molar refractivity (Wildman–Crippen MR) is 61.0 cm³/mol. The summed E-state index contributed by atoms with van der Waals surface area (Å²) in [5.74, 6) is -2.63. The molecule has 7 heteroatoms. The second-order valence-corrected chi connectivity index (χ2v) is 4.58. The van der Waals surface area contributed by atoms with Crippen molar-refractivity contribution in [1.29, 1.82) is 5.26 Å². The highest BCUT2D eigenvalue weighted by atomic mass is 19.4. The molecule has 1 saturated carbocycles. The second kappa shape index (κ2) is 5.12.